The van der Waals surface area contributed by atoms with Crippen molar-refractivity contribution < 1.29 is 9.15 Å². The molecule has 0 N–H and O–H groups in total. The smallest absolute Gasteiger partial charge is 0.247 e. The van der Waals surface area contributed by atoms with Crippen LogP contribution in [0.3, 0.4) is 0 Å². The van der Waals surface area contributed by atoms with Crippen molar-refractivity contribution in [2.45, 2.75) is 23.9 Å². The van der Waals surface area contributed by atoms with Gasteiger partial charge in [0.25, 0.3) is 0 Å². The molecule has 28 heavy (non-hydrogen) atoms. The standard InChI is InChI=1S/C21H20N4O2S/c1-15(19-23-24-20(27-19)17-8-10-18(26-2)11-9-17)28-21-22-12-13-25(21)14-16-6-4-3-5-7-16/h3-13,15H,14H2,1-2H3/t15-/m0/s1. The van der Waals surface area contributed by atoms with Crippen LogP contribution in [0.1, 0.15) is 23.6 Å². The first-order chi connectivity index (χ1) is 13.7. The summed E-state index contributed by atoms with van der Waals surface area (Å²) in [7, 11) is 1.64. The van der Waals surface area contributed by atoms with E-state index < -0.39 is 0 Å². The fourth-order valence-corrected chi connectivity index (χ4v) is 3.67. The molecule has 0 aliphatic carbocycles. The van der Waals surface area contributed by atoms with Crippen LogP contribution in [0.4, 0.5) is 0 Å². The normalized spacial score (nSPS) is 12.1. The zero-order valence-corrected chi connectivity index (χ0v) is 16.5. The molecule has 4 rings (SSSR count). The van der Waals surface area contributed by atoms with Crippen molar-refractivity contribution in [1.82, 2.24) is 19.7 Å². The first-order valence-electron chi connectivity index (χ1n) is 8.92. The number of aromatic nitrogens is 4. The van der Waals surface area contributed by atoms with Gasteiger partial charge in [-0.2, -0.15) is 0 Å². The highest BCUT2D eigenvalue weighted by molar-refractivity contribution is 7.99. The summed E-state index contributed by atoms with van der Waals surface area (Å²) in [4.78, 5) is 4.48. The summed E-state index contributed by atoms with van der Waals surface area (Å²) in [5, 5.41) is 9.31. The quantitative estimate of drug-likeness (QED) is 0.419. The van der Waals surface area contributed by atoms with E-state index in [1.54, 1.807) is 18.9 Å². The Morgan fingerprint density at radius 2 is 1.86 bits per heavy atom. The molecule has 1 atom stereocenters. The van der Waals surface area contributed by atoms with Crippen LogP contribution in [-0.4, -0.2) is 26.9 Å². The molecule has 0 bridgehead atoms. The van der Waals surface area contributed by atoms with Crippen molar-refractivity contribution in [3.8, 4) is 17.2 Å². The molecule has 0 aliphatic heterocycles. The van der Waals surface area contributed by atoms with E-state index in [1.165, 1.54) is 5.56 Å². The minimum Gasteiger partial charge on any atom is -0.497 e. The van der Waals surface area contributed by atoms with E-state index >= 15 is 0 Å². The van der Waals surface area contributed by atoms with E-state index in [1.807, 2.05) is 61.8 Å². The Kier molecular flexibility index (Phi) is 5.43. The zero-order chi connectivity index (χ0) is 19.3. The van der Waals surface area contributed by atoms with Crippen LogP contribution in [0.5, 0.6) is 5.75 Å². The fourth-order valence-electron chi connectivity index (χ4n) is 2.77. The predicted octanol–water partition coefficient (Wildman–Crippen LogP) is 4.84. The van der Waals surface area contributed by atoms with E-state index in [9.17, 15) is 0 Å². The lowest BCUT2D eigenvalue weighted by atomic mass is 10.2. The number of nitrogens with zero attached hydrogens (tertiary/aromatic N) is 4. The Morgan fingerprint density at radius 1 is 1.07 bits per heavy atom. The Morgan fingerprint density at radius 3 is 2.61 bits per heavy atom. The molecule has 0 aliphatic rings. The summed E-state index contributed by atoms with van der Waals surface area (Å²) in [6.07, 6.45) is 3.80. The Labute approximate surface area is 167 Å². The van der Waals surface area contributed by atoms with Gasteiger partial charge in [-0.3, -0.25) is 0 Å². The van der Waals surface area contributed by atoms with Gasteiger partial charge in [0.05, 0.1) is 12.4 Å². The summed E-state index contributed by atoms with van der Waals surface area (Å²) in [5.41, 5.74) is 2.09. The molecule has 0 unspecified atom stereocenters. The van der Waals surface area contributed by atoms with Crippen LogP contribution in [0.2, 0.25) is 0 Å². The maximum absolute atomic E-state index is 5.89. The van der Waals surface area contributed by atoms with Crippen LogP contribution in [0, 0.1) is 0 Å². The van der Waals surface area contributed by atoms with Crippen molar-refractivity contribution in [1.29, 1.82) is 0 Å². The summed E-state index contributed by atoms with van der Waals surface area (Å²) in [5.74, 6) is 1.86. The third-order valence-corrected chi connectivity index (χ3v) is 5.39. The third-order valence-electron chi connectivity index (χ3n) is 4.28. The molecule has 2 heterocycles. The van der Waals surface area contributed by atoms with Gasteiger partial charge >= 0.3 is 0 Å². The second-order valence-corrected chi connectivity index (χ2v) is 7.57. The lowest BCUT2D eigenvalue weighted by Crippen LogP contribution is -2.01. The molecular formula is C21H20N4O2S. The van der Waals surface area contributed by atoms with Crippen molar-refractivity contribution in [3.05, 3.63) is 78.4 Å². The van der Waals surface area contributed by atoms with E-state index in [2.05, 4.69) is 31.9 Å². The maximum Gasteiger partial charge on any atom is 0.247 e. The van der Waals surface area contributed by atoms with Crippen molar-refractivity contribution in [2.75, 3.05) is 7.11 Å². The molecular weight excluding hydrogens is 372 g/mol. The molecule has 0 fully saturated rings. The zero-order valence-electron chi connectivity index (χ0n) is 15.6. The molecule has 0 saturated heterocycles. The molecule has 0 radical (unpaired) electrons. The molecule has 7 heteroatoms. The van der Waals surface area contributed by atoms with Gasteiger partial charge < -0.3 is 13.7 Å². The van der Waals surface area contributed by atoms with Crippen molar-refractivity contribution in [2.24, 2.45) is 0 Å². The van der Waals surface area contributed by atoms with Crippen LogP contribution in [0.25, 0.3) is 11.5 Å². The summed E-state index contributed by atoms with van der Waals surface area (Å²) in [6, 6.07) is 17.9. The van der Waals surface area contributed by atoms with Gasteiger partial charge in [0.1, 0.15) is 5.75 Å². The second kappa shape index (κ2) is 8.31. The van der Waals surface area contributed by atoms with Crippen LogP contribution < -0.4 is 4.74 Å². The lowest BCUT2D eigenvalue weighted by Gasteiger charge is -2.10. The minimum absolute atomic E-state index is 0.0172. The van der Waals surface area contributed by atoms with Crippen LogP contribution in [0.15, 0.2) is 76.6 Å². The van der Waals surface area contributed by atoms with Gasteiger partial charge in [0, 0.05) is 24.5 Å². The first kappa shape index (κ1) is 18.3. The highest BCUT2D eigenvalue weighted by atomic mass is 32.2. The number of hydrogen-bond donors (Lipinski definition) is 0. The number of ether oxygens (including phenoxy) is 1. The fraction of sp³-hybridized carbons (Fsp3) is 0.190. The van der Waals surface area contributed by atoms with E-state index in [4.69, 9.17) is 9.15 Å². The average Bonchev–Trinajstić information content (AvgIpc) is 3.39. The second-order valence-electron chi connectivity index (χ2n) is 6.26. The molecule has 0 spiro atoms. The third kappa shape index (κ3) is 4.09. The molecule has 142 valence electrons. The number of rotatable bonds is 7. The van der Waals surface area contributed by atoms with E-state index in [0.29, 0.717) is 11.8 Å². The van der Waals surface area contributed by atoms with Gasteiger partial charge in [0.15, 0.2) is 5.16 Å². The summed E-state index contributed by atoms with van der Waals surface area (Å²) in [6.45, 7) is 2.81. The Balaban J connectivity index is 1.47. The predicted molar refractivity (Wildman–Crippen MR) is 108 cm³/mol. The van der Waals surface area contributed by atoms with Crippen LogP contribution >= 0.6 is 11.8 Å². The van der Waals surface area contributed by atoms with Gasteiger partial charge in [-0.15, -0.1) is 10.2 Å². The van der Waals surface area contributed by atoms with Gasteiger partial charge in [-0.1, -0.05) is 42.1 Å². The van der Waals surface area contributed by atoms with Crippen molar-refractivity contribution in [3.63, 3.8) is 0 Å². The summed E-state index contributed by atoms with van der Waals surface area (Å²) < 4.78 is 13.2. The van der Waals surface area contributed by atoms with Gasteiger partial charge in [-0.05, 0) is 36.8 Å². The first-order valence-corrected chi connectivity index (χ1v) is 9.80. The number of methoxy groups -OCH3 is 1. The lowest BCUT2D eigenvalue weighted by molar-refractivity contribution is 0.415. The Hall–Kier alpha value is -3.06. The summed E-state index contributed by atoms with van der Waals surface area (Å²) >= 11 is 1.60. The average molecular weight is 392 g/mol. The van der Waals surface area contributed by atoms with Crippen LogP contribution in [-0.2, 0) is 6.54 Å². The van der Waals surface area contributed by atoms with Gasteiger partial charge in [-0.25, -0.2) is 4.98 Å². The molecule has 0 amide bonds. The maximum atomic E-state index is 5.89. The number of thioether (sulfide) groups is 1. The number of imidazole rings is 1. The number of benzene rings is 2. The van der Waals surface area contributed by atoms with Crippen molar-refractivity contribution >= 4 is 11.8 Å². The van der Waals surface area contributed by atoms with E-state index in [0.717, 1.165) is 23.0 Å². The molecule has 2 aromatic heterocycles. The molecule has 4 aromatic rings. The largest absolute Gasteiger partial charge is 0.497 e. The SMILES string of the molecule is COc1ccc(-c2nnc([C@H](C)Sc3nccn3Cc3ccccc3)o2)cc1. The topological polar surface area (TPSA) is 66.0 Å². The molecule has 2 aromatic carbocycles. The Bertz CT molecular complexity index is 1030. The monoisotopic (exact) mass is 392 g/mol. The number of hydrogen-bond acceptors (Lipinski definition) is 6. The molecule has 0 saturated carbocycles. The van der Waals surface area contributed by atoms with Gasteiger partial charge in [0.2, 0.25) is 11.8 Å². The minimum atomic E-state index is -0.0172. The molecule has 6 nitrogen and oxygen atoms in total. The highest BCUT2D eigenvalue weighted by Crippen LogP contribution is 2.34. The highest BCUT2D eigenvalue weighted by Gasteiger charge is 2.18. The van der Waals surface area contributed by atoms with E-state index in [-0.39, 0.29) is 5.25 Å².